The summed E-state index contributed by atoms with van der Waals surface area (Å²) in [6, 6.07) is 19.4. The molecule has 0 N–H and O–H groups in total. The summed E-state index contributed by atoms with van der Waals surface area (Å²) in [5.41, 5.74) is 3.53. The molecule has 3 nitrogen and oxygen atoms in total. The van der Waals surface area contributed by atoms with E-state index in [4.69, 9.17) is 4.42 Å². The average Bonchev–Trinajstić information content (AvgIpc) is 3.33. The van der Waals surface area contributed by atoms with Gasteiger partial charge in [-0.1, -0.05) is 60.7 Å². The molecule has 124 valence electrons. The lowest BCUT2D eigenvalue weighted by Crippen LogP contribution is -2.18. The van der Waals surface area contributed by atoms with E-state index in [0.717, 1.165) is 20.9 Å². The molecule has 2 aromatic carbocycles. The monoisotopic (exact) mass is 356 g/mol. The zero-order valence-corrected chi connectivity index (χ0v) is 14.4. The van der Waals surface area contributed by atoms with E-state index in [0.29, 0.717) is 22.3 Å². The first kappa shape index (κ1) is 15.0. The van der Waals surface area contributed by atoms with E-state index >= 15 is 0 Å². The van der Waals surface area contributed by atoms with Crippen LogP contribution in [-0.4, -0.2) is 11.6 Å². The number of ketones is 2. The van der Waals surface area contributed by atoms with Gasteiger partial charge in [0.2, 0.25) is 0 Å². The Balaban J connectivity index is 1.85. The van der Waals surface area contributed by atoms with Gasteiger partial charge in [-0.2, -0.15) is 0 Å². The molecule has 0 amide bonds. The number of carbonyl (C=O) groups excluding carboxylic acids is 2. The first-order chi connectivity index (χ1) is 12.8. The number of hydrogen-bond acceptors (Lipinski definition) is 4. The molecule has 26 heavy (non-hydrogen) atoms. The third kappa shape index (κ3) is 2.06. The Morgan fingerprint density at radius 3 is 1.46 bits per heavy atom. The molecule has 2 aromatic heterocycles. The second kappa shape index (κ2) is 5.64. The van der Waals surface area contributed by atoms with Gasteiger partial charge < -0.3 is 4.42 Å². The van der Waals surface area contributed by atoms with Crippen LogP contribution in [0, 0.1) is 0 Å². The minimum atomic E-state index is -0.152. The van der Waals surface area contributed by atoms with Crippen molar-refractivity contribution in [2.45, 2.75) is 0 Å². The molecule has 0 fully saturated rings. The molecule has 0 saturated carbocycles. The molecule has 1 aliphatic rings. The van der Waals surface area contributed by atoms with E-state index in [-0.39, 0.29) is 11.6 Å². The standard InChI is InChI=1S/C22H12O3S/c23-19-15-11-25-12-16(15)20(24)18-17(19)21(13-7-3-1-4-8-13)26-22(18)14-9-5-2-6-10-14/h1-12H. The van der Waals surface area contributed by atoms with Crippen LogP contribution in [0.4, 0.5) is 0 Å². The molecule has 0 radical (unpaired) electrons. The van der Waals surface area contributed by atoms with Crippen LogP contribution in [0.2, 0.25) is 0 Å². The number of rotatable bonds is 2. The highest BCUT2D eigenvalue weighted by Gasteiger charge is 2.37. The smallest absolute Gasteiger partial charge is 0.199 e. The van der Waals surface area contributed by atoms with Crippen molar-refractivity contribution in [2.24, 2.45) is 0 Å². The van der Waals surface area contributed by atoms with Gasteiger partial charge in [-0.3, -0.25) is 9.59 Å². The van der Waals surface area contributed by atoms with Gasteiger partial charge in [0, 0.05) is 9.75 Å². The Bertz CT molecular complexity index is 1060. The number of carbonyl (C=O) groups is 2. The van der Waals surface area contributed by atoms with Gasteiger partial charge in [0.25, 0.3) is 0 Å². The SMILES string of the molecule is O=C1c2cocc2C(=O)c2c(-c3ccccc3)sc(-c3ccccc3)c21. The Morgan fingerprint density at radius 2 is 1.04 bits per heavy atom. The highest BCUT2D eigenvalue weighted by molar-refractivity contribution is 7.20. The zero-order chi connectivity index (χ0) is 17.7. The molecule has 5 rings (SSSR count). The maximum atomic E-state index is 13.1. The fraction of sp³-hybridized carbons (Fsp3) is 0. The Hall–Kier alpha value is -3.24. The van der Waals surface area contributed by atoms with Gasteiger partial charge in [0.15, 0.2) is 11.6 Å². The van der Waals surface area contributed by atoms with E-state index in [1.165, 1.54) is 23.9 Å². The summed E-state index contributed by atoms with van der Waals surface area (Å²) in [6.45, 7) is 0. The highest BCUT2D eigenvalue weighted by Crippen LogP contribution is 2.46. The molecule has 4 heteroatoms. The van der Waals surface area contributed by atoms with Crippen LogP contribution in [0.1, 0.15) is 31.8 Å². The Labute approximate surface area is 153 Å². The summed E-state index contributed by atoms with van der Waals surface area (Å²) in [7, 11) is 0. The van der Waals surface area contributed by atoms with Crippen LogP contribution in [0.3, 0.4) is 0 Å². The van der Waals surface area contributed by atoms with Gasteiger partial charge in [0.1, 0.15) is 12.5 Å². The van der Waals surface area contributed by atoms with Gasteiger partial charge in [0.05, 0.1) is 22.3 Å². The first-order valence-corrected chi connectivity index (χ1v) is 9.00. The normalized spacial score (nSPS) is 12.8. The summed E-state index contributed by atoms with van der Waals surface area (Å²) in [5.74, 6) is -0.304. The molecular formula is C22H12O3S. The minimum absolute atomic E-state index is 0.152. The van der Waals surface area contributed by atoms with E-state index in [1.54, 1.807) is 0 Å². The van der Waals surface area contributed by atoms with Crippen molar-refractivity contribution in [1.29, 1.82) is 0 Å². The van der Waals surface area contributed by atoms with Crippen molar-refractivity contribution < 1.29 is 14.0 Å². The van der Waals surface area contributed by atoms with Crippen LogP contribution in [0.25, 0.3) is 20.9 Å². The molecular weight excluding hydrogens is 344 g/mol. The number of furan rings is 1. The largest absolute Gasteiger partial charge is 0.471 e. The summed E-state index contributed by atoms with van der Waals surface area (Å²) in [4.78, 5) is 27.9. The van der Waals surface area contributed by atoms with Crippen LogP contribution < -0.4 is 0 Å². The van der Waals surface area contributed by atoms with Gasteiger partial charge in [-0.15, -0.1) is 11.3 Å². The number of fused-ring (bicyclic) bond motifs is 2. The fourth-order valence-electron chi connectivity index (χ4n) is 3.37. The van der Waals surface area contributed by atoms with Gasteiger partial charge in [-0.25, -0.2) is 0 Å². The molecule has 0 bridgehead atoms. The maximum absolute atomic E-state index is 13.1. The summed E-state index contributed by atoms with van der Waals surface area (Å²) >= 11 is 1.49. The molecule has 0 atom stereocenters. The summed E-state index contributed by atoms with van der Waals surface area (Å²) in [6.07, 6.45) is 2.74. The van der Waals surface area contributed by atoms with E-state index in [1.807, 2.05) is 60.7 Å². The predicted molar refractivity (Wildman–Crippen MR) is 101 cm³/mol. The van der Waals surface area contributed by atoms with Crippen molar-refractivity contribution in [1.82, 2.24) is 0 Å². The molecule has 0 spiro atoms. The second-order valence-corrected chi connectivity index (χ2v) is 7.12. The molecule has 0 saturated heterocycles. The van der Waals surface area contributed by atoms with E-state index in [2.05, 4.69) is 0 Å². The van der Waals surface area contributed by atoms with E-state index < -0.39 is 0 Å². The molecule has 1 aliphatic carbocycles. The topological polar surface area (TPSA) is 47.3 Å². The van der Waals surface area contributed by atoms with Crippen LogP contribution in [-0.2, 0) is 0 Å². The minimum Gasteiger partial charge on any atom is -0.471 e. The zero-order valence-electron chi connectivity index (χ0n) is 13.6. The van der Waals surface area contributed by atoms with Gasteiger partial charge in [-0.05, 0) is 11.1 Å². The fourth-order valence-corrected chi connectivity index (χ4v) is 4.67. The summed E-state index contributed by atoms with van der Waals surface area (Å²) in [5, 5.41) is 0. The Morgan fingerprint density at radius 1 is 0.615 bits per heavy atom. The predicted octanol–water partition coefficient (Wildman–Crippen LogP) is 5.45. The van der Waals surface area contributed by atoms with Crippen LogP contribution >= 0.6 is 11.3 Å². The number of thiophene rings is 1. The molecule has 2 heterocycles. The lowest BCUT2D eigenvalue weighted by atomic mass is 9.85. The van der Waals surface area contributed by atoms with Crippen LogP contribution in [0.5, 0.6) is 0 Å². The van der Waals surface area contributed by atoms with E-state index in [9.17, 15) is 9.59 Å². The number of benzene rings is 2. The lowest BCUT2D eigenvalue weighted by molar-refractivity contribution is 0.0982. The molecule has 4 aromatic rings. The Kier molecular flexibility index (Phi) is 3.27. The van der Waals surface area contributed by atoms with Crippen LogP contribution in [0.15, 0.2) is 77.6 Å². The molecule has 0 unspecified atom stereocenters. The third-order valence-corrected chi connectivity index (χ3v) is 5.87. The average molecular weight is 356 g/mol. The van der Waals surface area contributed by atoms with Crippen molar-refractivity contribution in [2.75, 3.05) is 0 Å². The van der Waals surface area contributed by atoms with Gasteiger partial charge >= 0.3 is 0 Å². The lowest BCUT2D eigenvalue weighted by Gasteiger charge is -2.12. The first-order valence-electron chi connectivity index (χ1n) is 8.19. The van der Waals surface area contributed by atoms with Crippen molar-refractivity contribution in [3.8, 4) is 20.9 Å². The van der Waals surface area contributed by atoms with Crippen molar-refractivity contribution >= 4 is 22.9 Å². The molecule has 0 aliphatic heterocycles. The number of hydrogen-bond donors (Lipinski definition) is 0. The second-order valence-electron chi connectivity index (χ2n) is 6.10. The highest BCUT2D eigenvalue weighted by atomic mass is 32.1. The summed E-state index contributed by atoms with van der Waals surface area (Å²) < 4.78 is 5.16. The van der Waals surface area contributed by atoms with Crippen molar-refractivity contribution in [3.05, 3.63) is 95.4 Å². The third-order valence-electron chi connectivity index (χ3n) is 4.59. The van der Waals surface area contributed by atoms with Crippen molar-refractivity contribution in [3.63, 3.8) is 0 Å². The maximum Gasteiger partial charge on any atom is 0.199 e. The quantitative estimate of drug-likeness (QED) is 0.422.